The van der Waals surface area contributed by atoms with Gasteiger partial charge in [-0.1, -0.05) is 13.0 Å². The Kier molecular flexibility index (Phi) is 5.87. The van der Waals surface area contributed by atoms with E-state index < -0.39 is 10.0 Å². The second kappa shape index (κ2) is 8.02. The number of carbonyl (C=O) groups is 1. The zero-order valence-corrected chi connectivity index (χ0v) is 17.6. The average Bonchev–Trinajstić information content (AvgIpc) is 2.93. The minimum atomic E-state index is -3.59. The van der Waals surface area contributed by atoms with Gasteiger partial charge in [0.15, 0.2) is 0 Å². The lowest BCUT2D eigenvalue weighted by Gasteiger charge is -2.33. The molecule has 0 saturated carbocycles. The summed E-state index contributed by atoms with van der Waals surface area (Å²) in [5.74, 6) is -0.297. The molecule has 1 aromatic heterocycles. The number of sulfonamides is 1. The molecule has 2 heterocycles. The number of aromatic nitrogens is 2. The maximum Gasteiger partial charge on any atom is 0.259 e. The van der Waals surface area contributed by atoms with E-state index in [1.165, 1.54) is 10.4 Å². The highest BCUT2D eigenvalue weighted by Gasteiger charge is 2.28. The van der Waals surface area contributed by atoms with Crippen LogP contribution in [0, 0.1) is 13.8 Å². The highest BCUT2D eigenvalue weighted by molar-refractivity contribution is 7.89. The van der Waals surface area contributed by atoms with Gasteiger partial charge in [0, 0.05) is 44.6 Å². The molecule has 1 aromatic carbocycles. The summed E-state index contributed by atoms with van der Waals surface area (Å²) in [4.78, 5) is 15.1. The number of benzene rings is 1. The summed E-state index contributed by atoms with van der Waals surface area (Å²) in [6.07, 6.45) is 0. The minimum Gasteiger partial charge on any atom is -0.322 e. The standard InChI is InChI=1S/C19H27N5O3S/c1-5-23-9-11-24(12-10-23)28(26,27)17-8-6-7-16(13-17)20-19(25)18-14(2)21-22(4)15(18)3/h6-8,13H,5,9-12H2,1-4H3,(H,20,25). The maximum atomic E-state index is 13.0. The van der Waals surface area contributed by atoms with Crippen LogP contribution in [-0.2, 0) is 17.1 Å². The largest absolute Gasteiger partial charge is 0.322 e. The first kappa shape index (κ1) is 20.5. The Bertz CT molecular complexity index is 975. The summed E-state index contributed by atoms with van der Waals surface area (Å²) < 4.78 is 29.1. The monoisotopic (exact) mass is 405 g/mol. The van der Waals surface area contributed by atoms with Crippen LogP contribution in [0.1, 0.15) is 28.7 Å². The molecule has 0 radical (unpaired) electrons. The summed E-state index contributed by atoms with van der Waals surface area (Å²) in [7, 11) is -1.81. The number of amides is 1. The van der Waals surface area contributed by atoms with Gasteiger partial charge in [-0.3, -0.25) is 9.48 Å². The highest BCUT2D eigenvalue weighted by atomic mass is 32.2. The zero-order chi connectivity index (χ0) is 20.5. The van der Waals surface area contributed by atoms with Gasteiger partial charge < -0.3 is 10.2 Å². The van der Waals surface area contributed by atoms with E-state index in [-0.39, 0.29) is 10.8 Å². The Labute approximate surface area is 166 Å². The van der Waals surface area contributed by atoms with Crippen LogP contribution in [0.25, 0.3) is 0 Å². The first-order valence-corrected chi connectivity index (χ1v) is 10.8. The normalized spacial score (nSPS) is 16.3. The topological polar surface area (TPSA) is 87.5 Å². The predicted molar refractivity (Wildman–Crippen MR) is 108 cm³/mol. The molecule has 152 valence electrons. The zero-order valence-electron chi connectivity index (χ0n) is 16.8. The molecule has 28 heavy (non-hydrogen) atoms. The van der Waals surface area contributed by atoms with Crippen molar-refractivity contribution in [1.29, 1.82) is 0 Å². The summed E-state index contributed by atoms with van der Waals surface area (Å²) in [5.41, 5.74) is 2.34. The van der Waals surface area contributed by atoms with Gasteiger partial charge in [0.05, 0.1) is 16.2 Å². The number of likely N-dealkylation sites (N-methyl/N-ethyl adjacent to an activating group) is 1. The van der Waals surface area contributed by atoms with Crippen LogP contribution < -0.4 is 5.32 Å². The van der Waals surface area contributed by atoms with Crippen molar-refractivity contribution < 1.29 is 13.2 Å². The molecule has 1 aliphatic rings. The second-order valence-corrected chi connectivity index (χ2v) is 8.93. The third-order valence-corrected chi connectivity index (χ3v) is 7.14. The molecule has 2 aromatic rings. The van der Waals surface area contributed by atoms with E-state index in [4.69, 9.17) is 0 Å². The fraction of sp³-hybridized carbons (Fsp3) is 0.474. The molecule has 1 aliphatic heterocycles. The maximum absolute atomic E-state index is 13.0. The van der Waals surface area contributed by atoms with E-state index in [0.29, 0.717) is 30.0 Å². The first-order valence-electron chi connectivity index (χ1n) is 9.38. The van der Waals surface area contributed by atoms with E-state index in [9.17, 15) is 13.2 Å². The van der Waals surface area contributed by atoms with Crippen LogP contribution >= 0.6 is 0 Å². The minimum absolute atomic E-state index is 0.190. The van der Waals surface area contributed by atoms with Crippen LogP contribution in [-0.4, -0.2) is 66.0 Å². The molecule has 0 atom stereocenters. The van der Waals surface area contributed by atoms with Gasteiger partial charge >= 0.3 is 0 Å². The first-order chi connectivity index (χ1) is 13.2. The van der Waals surface area contributed by atoms with Crippen molar-refractivity contribution in [2.45, 2.75) is 25.7 Å². The van der Waals surface area contributed by atoms with E-state index in [2.05, 4.69) is 22.2 Å². The number of carbonyl (C=O) groups excluding carboxylic acids is 1. The molecule has 0 bridgehead atoms. The van der Waals surface area contributed by atoms with Gasteiger partial charge in [-0.15, -0.1) is 0 Å². The van der Waals surface area contributed by atoms with Crippen molar-refractivity contribution >= 4 is 21.6 Å². The van der Waals surface area contributed by atoms with E-state index in [0.717, 1.165) is 25.3 Å². The third kappa shape index (κ3) is 3.96. The van der Waals surface area contributed by atoms with Crippen molar-refractivity contribution in [1.82, 2.24) is 19.0 Å². The predicted octanol–water partition coefficient (Wildman–Crippen LogP) is 1.62. The number of rotatable bonds is 5. The molecule has 0 aliphatic carbocycles. The van der Waals surface area contributed by atoms with Gasteiger partial charge in [-0.25, -0.2) is 8.42 Å². The molecular weight excluding hydrogens is 378 g/mol. The SMILES string of the molecule is CCN1CCN(S(=O)(=O)c2cccc(NC(=O)c3c(C)nn(C)c3C)c2)CC1. The number of aryl methyl sites for hydroxylation is 2. The molecule has 1 amide bonds. The Balaban J connectivity index is 1.79. The molecule has 0 spiro atoms. The van der Waals surface area contributed by atoms with Gasteiger partial charge in [0.25, 0.3) is 5.91 Å². The van der Waals surface area contributed by atoms with Crippen molar-refractivity contribution in [3.8, 4) is 0 Å². The number of anilines is 1. The molecule has 8 nitrogen and oxygen atoms in total. The summed E-state index contributed by atoms with van der Waals surface area (Å²) >= 11 is 0. The Morgan fingerprint density at radius 2 is 1.86 bits per heavy atom. The third-order valence-electron chi connectivity index (χ3n) is 5.24. The van der Waals surface area contributed by atoms with Crippen molar-refractivity contribution in [3.63, 3.8) is 0 Å². The van der Waals surface area contributed by atoms with E-state index in [1.54, 1.807) is 36.9 Å². The molecular formula is C19H27N5O3S. The molecule has 0 unspecified atom stereocenters. The smallest absolute Gasteiger partial charge is 0.259 e. The van der Waals surface area contributed by atoms with E-state index in [1.807, 2.05) is 6.92 Å². The van der Waals surface area contributed by atoms with Gasteiger partial charge in [0.1, 0.15) is 0 Å². The molecule has 3 rings (SSSR count). The lowest BCUT2D eigenvalue weighted by Crippen LogP contribution is -2.48. The molecule has 1 saturated heterocycles. The van der Waals surface area contributed by atoms with Crippen LogP contribution in [0.5, 0.6) is 0 Å². The van der Waals surface area contributed by atoms with Gasteiger partial charge in [0.2, 0.25) is 10.0 Å². The number of piperazine rings is 1. The van der Waals surface area contributed by atoms with E-state index >= 15 is 0 Å². The molecule has 1 fully saturated rings. The lowest BCUT2D eigenvalue weighted by molar-refractivity contribution is 0.102. The van der Waals surface area contributed by atoms with Crippen LogP contribution in [0.2, 0.25) is 0 Å². The fourth-order valence-corrected chi connectivity index (χ4v) is 4.93. The quantitative estimate of drug-likeness (QED) is 0.817. The van der Waals surface area contributed by atoms with Crippen molar-refractivity contribution in [2.24, 2.45) is 7.05 Å². The second-order valence-electron chi connectivity index (χ2n) is 6.99. The summed E-state index contributed by atoms with van der Waals surface area (Å²) in [5, 5.41) is 7.06. The number of nitrogens with one attached hydrogen (secondary N) is 1. The number of hydrogen-bond donors (Lipinski definition) is 1. The number of hydrogen-bond acceptors (Lipinski definition) is 5. The van der Waals surface area contributed by atoms with Crippen LogP contribution in [0.15, 0.2) is 29.2 Å². The van der Waals surface area contributed by atoms with Gasteiger partial charge in [-0.05, 0) is 38.6 Å². The Morgan fingerprint density at radius 1 is 1.18 bits per heavy atom. The van der Waals surface area contributed by atoms with Crippen LogP contribution in [0.4, 0.5) is 5.69 Å². The van der Waals surface area contributed by atoms with Crippen molar-refractivity contribution in [3.05, 3.63) is 41.2 Å². The molecule has 9 heteroatoms. The Morgan fingerprint density at radius 3 is 2.43 bits per heavy atom. The van der Waals surface area contributed by atoms with Gasteiger partial charge in [-0.2, -0.15) is 9.40 Å². The molecule has 1 N–H and O–H groups in total. The highest BCUT2D eigenvalue weighted by Crippen LogP contribution is 2.22. The average molecular weight is 406 g/mol. The van der Waals surface area contributed by atoms with Crippen LogP contribution in [0.3, 0.4) is 0 Å². The fourth-order valence-electron chi connectivity index (χ4n) is 3.47. The lowest BCUT2D eigenvalue weighted by atomic mass is 10.2. The Hall–Kier alpha value is -2.23. The van der Waals surface area contributed by atoms with Crippen molar-refractivity contribution in [2.75, 3.05) is 38.0 Å². The summed E-state index contributed by atoms with van der Waals surface area (Å²) in [6.45, 7) is 8.99. The number of nitrogens with zero attached hydrogens (tertiary/aromatic N) is 4. The summed E-state index contributed by atoms with van der Waals surface area (Å²) in [6, 6.07) is 6.42.